The van der Waals surface area contributed by atoms with Crippen LogP contribution >= 0.6 is 0 Å². The smallest absolute Gasteiger partial charge is 0.243 e. The number of carbonyl (C=O) groups excluding carboxylic acids is 1. The van der Waals surface area contributed by atoms with Crippen LogP contribution < -0.4 is 10.1 Å². The number of hydrogen-bond acceptors (Lipinski definition) is 6. The van der Waals surface area contributed by atoms with E-state index in [1.807, 2.05) is 32.3 Å². The van der Waals surface area contributed by atoms with Crippen molar-refractivity contribution in [2.24, 2.45) is 0 Å². The van der Waals surface area contributed by atoms with Crippen LogP contribution in [0, 0.1) is 11.3 Å². The van der Waals surface area contributed by atoms with Crippen LogP contribution in [0.1, 0.15) is 45.5 Å². The Balaban J connectivity index is 1.82. The summed E-state index contributed by atoms with van der Waals surface area (Å²) in [5, 5.41) is 12.0. The molecule has 3 rings (SSSR count). The summed E-state index contributed by atoms with van der Waals surface area (Å²) in [6.07, 6.45) is 0.532. The molecule has 0 saturated carbocycles. The minimum Gasteiger partial charge on any atom is -0.492 e. The number of fused-ring (bicyclic) bond motifs is 1. The second kappa shape index (κ2) is 11.3. The number of ether oxygens (including phenoxy) is 1. The van der Waals surface area contributed by atoms with E-state index in [1.54, 1.807) is 36.4 Å². The number of amides is 1. The van der Waals surface area contributed by atoms with Gasteiger partial charge in [-0.05, 0) is 50.2 Å². The average Bonchev–Trinajstić information content (AvgIpc) is 3.21. The zero-order valence-corrected chi connectivity index (χ0v) is 21.4. The lowest BCUT2D eigenvalue weighted by molar-refractivity contribution is -0.116. The number of rotatable bonds is 11. The van der Waals surface area contributed by atoms with Gasteiger partial charge in [0.05, 0.1) is 39.9 Å². The van der Waals surface area contributed by atoms with Crippen LogP contribution in [-0.2, 0) is 27.8 Å². The number of imidazole rings is 1. The van der Waals surface area contributed by atoms with Gasteiger partial charge in [-0.3, -0.25) is 4.79 Å². The molecule has 186 valence electrons. The number of aromatic nitrogens is 2. The van der Waals surface area contributed by atoms with Crippen LogP contribution in [0.5, 0.6) is 5.75 Å². The van der Waals surface area contributed by atoms with E-state index in [1.165, 1.54) is 4.31 Å². The van der Waals surface area contributed by atoms with Crippen molar-refractivity contribution in [2.75, 3.05) is 25.0 Å². The van der Waals surface area contributed by atoms with E-state index in [2.05, 4.69) is 16.4 Å². The molecule has 0 spiro atoms. The standard InChI is InChI=1S/C25H31N5O4S/c1-5-29(6-2)35(32,33)19-10-11-22-20(16-19)27-24(30(22)7-3)13-14-25(31)28-21-15-18(17-26)9-12-23(21)34-8-4/h9-12,15-16H,5-8,13-14H2,1-4H3,(H,28,31). The summed E-state index contributed by atoms with van der Waals surface area (Å²) in [5.74, 6) is 0.967. The maximum atomic E-state index is 12.9. The van der Waals surface area contributed by atoms with Gasteiger partial charge in [0, 0.05) is 32.5 Å². The molecule has 0 bridgehead atoms. The largest absolute Gasteiger partial charge is 0.492 e. The summed E-state index contributed by atoms with van der Waals surface area (Å²) in [6, 6.07) is 11.9. The Morgan fingerprint density at radius 2 is 1.89 bits per heavy atom. The zero-order valence-electron chi connectivity index (χ0n) is 20.5. The minimum absolute atomic E-state index is 0.163. The Morgan fingerprint density at radius 3 is 2.51 bits per heavy atom. The molecule has 35 heavy (non-hydrogen) atoms. The molecule has 1 N–H and O–H groups in total. The Morgan fingerprint density at radius 1 is 1.14 bits per heavy atom. The number of nitriles is 1. The maximum absolute atomic E-state index is 12.9. The quantitative estimate of drug-likeness (QED) is 0.429. The van der Waals surface area contributed by atoms with Crippen LogP contribution in [-0.4, -0.2) is 47.9 Å². The first-order valence-corrected chi connectivity index (χ1v) is 13.2. The van der Waals surface area contributed by atoms with Crippen molar-refractivity contribution in [1.82, 2.24) is 13.9 Å². The molecule has 0 atom stereocenters. The van der Waals surface area contributed by atoms with Crippen LogP contribution in [0.15, 0.2) is 41.3 Å². The first-order chi connectivity index (χ1) is 16.8. The average molecular weight is 498 g/mol. The van der Waals surface area contributed by atoms with Gasteiger partial charge in [-0.1, -0.05) is 13.8 Å². The van der Waals surface area contributed by atoms with Crippen LogP contribution in [0.3, 0.4) is 0 Å². The Bertz CT molecular complexity index is 1350. The number of aryl methyl sites for hydroxylation is 2. The summed E-state index contributed by atoms with van der Waals surface area (Å²) >= 11 is 0. The van der Waals surface area contributed by atoms with Crippen molar-refractivity contribution in [3.8, 4) is 11.8 Å². The Labute approximate surface area is 206 Å². The molecule has 0 saturated heterocycles. The van der Waals surface area contributed by atoms with Gasteiger partial charge >= 0.3 is 0 Å². The minimum atomic E-state index is -3.59. The second-order valence-corrected chi connectivity index (χ2v) is 9.75. The molecule has 0 radical (unpaired) electrons. The third-order valence-corrected chi connectivity index (χ3v) is 7.76. The molecule has 10 heteroatoms. The predicted octanol–water partition coefficient (Wildman–Crippen LogP) is 3.93. The van der Waals surface area contributed by atoms with E-state index in [0.717, 1.165) is 5.52 Å². The number of hydrogen-bond donors (Lipinski definition) is 1. The number of carbonyl (C=O) groups is 1. The molecule has 3 aromatic rings. The first kappa shape index (κ1) is 26.2. The van der Waals surface area contributed by atoms with Crippen LogP contribution in [0.25, 0.3) is 11.0 Å². The summed E-state index contributed by atoms with van der Waals surface area (Å²) in [7, 11) is -3.59. The first-order valence-electron chi connectivity index (χ1n) is 11.7. The number of benzene rings is 2. The molecule has 0 unspecified atom stereocenters. The van der Waals surface area contributed by atoms with E-state index in [4.69, 9.17) is 10.00 Å². The van der Waals surface area contributed by atoms with Crippen LogP contribution in [0.4, 0.5) is 5.69 Å². The molecule has 0 fully saturated rings. The highest BCUT2D eigenvalue weighted by Crippen LogP contribution is 2.27. The summed E-state index contributed by atoms with van der Waals surface area (Å²) in [6.45, 7) is 9.29. The molecule has 0 aliphatic rings. The van der Waals surface area contributed by atoms with Gasteiger partial charge in [0.25, 0.3) is 0 Å². The lowest BCUT2D eigenvalue weighted by Gasteiger charge is -2.18. The van der Waals surface area contributed by atoms with E-state index in [0.29, 0.717) is 61.0 Å². The third-order valence-electron chi connectivity index (χ3n) is 5.72. The van der Waals surface area contributed by atoms with E-state index >= 15 is 0 Å². The van der Waals surface area contributed by atoms with Crippen molar-refractivity contribution < 1.29 is 17.9 Å². The second-order valence-electron chi connectivity index (χ2n) is 7.82. The highest BCUT2D eigenvalue weighted by Gasteiger charge is 2.23. The Kier molecular flexibility index (Phi) is 8.48. The van der Waals surface area contributed by atoms with E-state index < -0.39 is 10.0 Å². The van der Waals surface area contributed by atoms with Crippen LogP contribution in [0.2, 0.25) is 0 Å². The monoisotopic (exact) mass is 497 g/mol. The number of anilines is 1. The summed E-state index contributed by atoms with van der Waals surface area (Å²) in [4.78, 5) is 17.6. The molecule has 2 aromatic carbocycles. The molecular formula is C25H31N5O4S. The highest BCUT2D eigenvalue weighted by atomic mass is 32.2. The fourth-order valence-corrected chi connectivity index (χ4v) is 5.47. The van der Waals surface area contributed by atoms with Crippen molar-refractivity contribution in [3.63, 3.8) is 0 Å². The predicted molar refractivity (Wildman–Crippen MR) is 135 cm³/mol. The molecule has 1 heterocycles. The SMILES string of the molecule is CCOc1ccc(C#N)cc1NC(=O)CCc1nc2cc(S(=O)(=O)N(CC)CC)ccc2n1CC. The molecule has 1 amide bonds. The van der Waals surface area contributed by atoms with Crippen molar-refractivity contribution in [1.29, 1.82) is 5.26 Å². The maximum Gasteiger partial charge on any atom is 0.243 e. The number of sulfonamides is 1. The highest BCUT2D eigenvalue weighted by molar-refractivity contribution is 7.89. The van der Waals surface area contributed by atoms with Gasteiger partial charge in [0.15, 0.2) is 0 Å². The van der Waals surface area contributed by atoms with Crippen molar-refractivity contribution >= 4 is 32.7 Å². The lowest BCUT2D eigenvalue weighted by Crippen LogP contribution is -2.30. The summed E-state index contributed by atoms with van der Waals surface area (Å²) < 4.78 is 34.8. The normalized spacial score (nSPS) is 11.5. The lowest BCUT2D eigenvalue weighted by atomic mass is 10.2. The zero-order chi connectivity index (χ0) is 25.6. The molecule has 1 aromatic heterocycles. The van der Waals surface area contributed by atoms with E-state index in [-0.39, 0.29) is 17.2 Å². The third kappa shape index (κ3) is 5.63. The van der Waals surface area contributed by atoms with Crippen molar-refractivity contribution in [3.05, 3.63) is 47.8 Å². The molecular weight excluding hydrogens is 466 g/mol. The van der Waals surface area contributed by atoms with Gasteiger partial charge < -0.3 is 14.6 Å². The van der Waals surface area contributed by atoms with Gasteiger partial charge in [0.1, 0.15) is 11.6 Å². The van der Waals surface area contributed by atoms with Crippen molar-refractivity contribution in [2.45, 2.75) is 52.0 Å². The van der Waals surface area contributed by atoms with Gasteiger partial charge in [0.2, 0.25) is 15.9 Å². The summed E-state index contributed by atoms with van der Waals surface area (Å²) in [5.41, 5.74) is 2.27. The number of nitrogens with zero attached hydrogens (tertiary/aromatic N) is 4. The molecule has 9 nitrogen and oxygen atoms in total. The fourth-order valence-electron chi connectivity index (χ4n) is 3.99. The topological polar surface area (TPSA) is 117 Å². The fraction of sp³-hybridized carbons (Fsp3) is 0.400. The Hall–Kier alpha value is -3.42. The molecule has 0 aliphatic heterocycles. The van der Waals surface area contributed by atoms with Gasteiger partial charge in [-0.25, -0.2) is 13.4 Å². The van der Waals surface area contributed by atoms with Gasteiger partial charge in [-0.2, -0.15) is 9.57 Å². The number of nitrogens with one attached hydrogen (secondary N) is 1. The molecule has 0 aliphatic carbocycles. The van der Waals surface area contributed by atoms with E-state index in [9.17, 15) is 13.2 Å². The van der Waals surface area contributed by atoms with Gasteiger partial charge in [-0.15, -0.1) is 0 Å².